The van der Waals surface area contributed by atoms with Crippen LogP contribution in [-0.2, 0) is 6.18 Å². The lowest BCUT2D eigenvalue weighted by molar-refractivity contribution is -0.137. The first kappa shape index (κ1) is 14.9. The second-order valence-electron chi connectivity index (χ2n) is 5.42. The number of halogens is 3. The topological polar surface area (TPSA) is 29.1 Å². The zero-order valence-electron chi connectivity index (χ0n) is 11.3. The molecule has 2 atom stereocenters. The van der Waals surface area contributed by atoms with E-state index in [1.807, 2.05) is 0 Å². The molecule has 110 valence electrons. The third kappa shape index (κ3) is 3.52. The highest BCUT2D eigenvalue weighted by atomic mass is 19.4. The minimum atomic E-state index is -4.37. The van der Waals surface area contributed by atoms with Crippen molar-refractivity contribution >= 4 is 5.91 Å². The van der Waals surface area contributed by atoms with E-state index in [1.54, 1.807) is 0 Å². The van der Waals surface area contributed by atoms with Crippen molar-refractivity contribution in [3.05, 3.63) is 35.4 Å². The molecule has 0 radical (unpaired) electrons. The Bertz CT molecular complexity index is 467. The first-order valence-electron chi connectivity index (χ1n) is 6.86. The van der Waals surface area contributed by atoms with Crippen LogP contribution in [0.4, 0.5) is 13.2 Å². The Morgan fingerprint density at radius 1 is 1.15 bits per heavy atom. The van der Waals surface area contributed by atoms with Crippen LogP contribution in [0.15, 0.2) is 24.3 Å². The zero-order chi connectivity index (χ0) is 14.8. The summed E-state index contributed by atoms with van der Waals surface area (Å²) >= 11 is 0. The molecular weight excluding hydrogens is 267 g/mol. The fourth-order valence-electron chi connectivity index (χ4n) is 2.59. The molecule has 1 aliphatic rings. The summed E-state index contributed by atoms with van der Waals surface area (Å²) in [5, 5.41) is 2.92. The summed E-state index contributed by atoms with van der Waals surface area (Å²) in [6.07, 6.45) is -0.0888. The maximum Gasteiger partial charge on any atom is 0.416 e. The average molecular weight is 285 g/mol. The first-order chi connectivity index (χ1) is 9.38. The van der Waals surface area contributed by atoms with Gasteiger partial charge in [-0.15, -0.1) is 0 Å². The lowest BCUT2D eigenvalue weighted by Crippen LogP contribution is -2.41. The van der Waals surface area contributed by atoms with E-state index >= 15 is 0 Å². The quantitative estimate of drug-likeness (QED) is 0.874. The molecule has 1 fully saturated rings. The van der Waals surface area contributed by atoms with Gasteiger partial charge in [-0.2, -0.15) is 13.2 Å². The molecule has 0 aliphatic heterocycles. The normalized spacial score (nSPS) is 23.4. The van der Waals surface area contributed by atoms with Gasteiger partial charge in [0.1, 0.15) is 0 Å². The molecule has 0 spiro atoms. The van der Waals surface area contributed by atoms with Crippen LogP contribution in [0.5, 0.6) is 0 Å². The number of carbonyl (C=O) groups is 1. The van der Waals surface area contributed by atoms with Gasteiger partial charge in [-0.25, -0.2) is 0 Å². The lowest BCUT2D eigenvalue weighted by atomic mass is 9.86. The number of nitrogens with one attached hydrogen (secondary N) is 1. The molecule has 1 saturated carbocycles. The largest absolute Gasteiger partial charge is 0.416 e. The summed E-state index contributed by atoms with van der Waals surface area (Å²) < 4.78 is 37.3. The van der Waals surface area contributed by atoms with E-state index in [0.29, 0.717) is 5.92 Å². The predicted molar refractivity (Wildman–Crippen MR) is 70.3 cm³/mol. The smallest absolute Gasteiger partial charge is 0.349 e. The minimum Gasteiger partial charge on any atom is -0.349 e. The molecule has 0 heterocycles. The fourth-order valence-corrected chi connectivity index (χ4v) is 2.59. The van der Waals surface area contributed by atoms with Gasteiger partial charge in [0.25, 0.3) is 5.91 Å². The summed E-state index contributed by atoms with van der Waals surface area (Å²) in [4.78, 5) is 12.0. The van der Waals surface area contributed by atoms with Gasteiger partial charge in [0, 0.05) is 11.6 Å². The van der Waals surface area contributed by atoms with Crippen LogP contribution in [0, 0.1) is 5.92 Å². The molecule has 2 nitrogen and oxygen atoms in total. The maximum absolute atomic E-state index is 12.4. The summed E-state index contributed by atoms with van der Waals surface area (Å²) in [5.41, 5.74) is -0.462. The monoisotopic (exact) mass is 285 g/mol. The van der Waals surface area contributed by atoms with Crippen molar-refractivity contribution < 1.29 is 18.0 Å². The zero-order valence-corrected chi connectivity index (χ0v) is 11.3. The number of rotatable bonds is 2. The molecule has 0 bridgehead atoms. The van der Waals surface area contributed by atoms with Crippen molar-refractivity contribution in [3.8, 4) is 0 Å². The minimum absolute atomic E-state index is 0.124. The molecule has 5 heteroatoms. The van der Waals surface area contributed by atoms with Crippen molar-refractivity contribution in [2.24, 2.45) is 5.92 Å². The fraction of sp³-hybridized carbons (Fsp3) is 0.533. The SMILES string of the molecule is C[C@H]1CCCC[C@@H]1NC(=O)c1ccc(C(F)(F)F)cc1. The van der Waals surface area contributed by atoms with Crippen molar-refractivity contribution in [1.29, 1.82) is 0 Å². The number of alkyl halides is 3. The second kappa shape index (κ2) is 5.85. The molecule has 20 heavy (non-hydrogen) atoms. The van der Waals surface area contributed by atoms with E-state index in [0.717, 1.165) is 31.4 Å². The Hall–Kier alpha value is -1.52. The van der Waals surface area contributed by atoms with Crippen LogP contribution in [0.2, 0.25) is 0 Å². The van der Waals surface area contributed by atoms with E-state index in [-0.39, 0.29) is 17.5 Å². The number of hydrogen-bond donors (Lipinski definition) is 1. The lowest BCUT2D eigenvalue weighted by Gasteiger charge is -2.29. The third-order valence-corrected chi connectivity index (χ3v) is 3.90. The van der Waals surface area contributed by atoms with Gasteiger partial charge in [-0.05, 0) is 43.0 Å². The molecule has 0 aromatic heterocycles. The highest BCUT2D eigenvalue weighted by Gasteiger charge is 2.30. The van der Waals surface area contributed by atoms with Crippen LogP contribution < -0.4 is 5.32 Å². The van der Waals surface area contributed by atoms with Crippen LogP contribution in [0.1, 0.15) is 48.5 Å². The molecule has 1 N–H and O–H groups in total. The van der Waals surface area contributed by atoms with E-state index in [1.165, 1.54) is 18.6 Å². The van der Waals surface area contributed by atoms with E-state index in [9.17, 15) is 18.0 Å². The van der Waals surface area contributed by atoms with Crippen molar-refractivity contribution in [2.75, 3.05) is 0 Å². The maximum atomic E-state index is 12.4. The van der Waals surface area contributed by atoms with Crippen LogP contribution in [0.25, 0.3) is 0 Å². The van der Waals surface area contributed by atoms with Crippen molar-refractivity contribution in [3.63, 3.8) is 0 Å². The Labute approximate surface area is 116 Å². The number of amides is 1. The summed E-state index contributed by atoms with van der Waals surface area (Å²) in [5.74, 6) is 0.125. The Kier molecular flexibility index (Phi) is 4.35. The molecule has 1 aromatic carbocycles. The molecule has 2 rings (SSSR count). The molecule has 0 saturated heterocycles. The summed E-state index contributed by atoms with van der Waals surface area (Å²) in [6, 6.07) is 4.47. The van der Waals surface area contributed by atoms with Gasteiger partial charge < -0.3 is 5.32 Å². The van der Waals surface area contributed by atoms with Gasteiger partial charge >= 0.3 is 6.18 Å². The molecule has 0 unspecified atom stereocenters. The molecule has 1 amide bonds. The van der Waals surface area contributed by atoms with Crippen molar-refractivity contribution in [1.82, 2.24) is 5.32 Å². The van der Waals surface area contributed by atoms with Gasteiger partial charge in [-0.1, -0.05) is 19.8 Å². The summed E-state index contributed by atoms with van der Waals surface area (Å²) in [7, 11) is 0. The Morgan fingerprint density at radius 2 is 1.75 bits per heavy atom. The number of hydrogen-bond acceptors (Lipinski definition) is 1. The Balaban J connectivity index is 2.02. The van der Waals surface area contributed by atoms with Crippen LogP contribution in [0.3, 0.4) is 0 Å². The van der Waals surface area contributed by atoms with Gasteiger partial charge in [-0.3, -0.25) is 4.79 Å². The first-order valence-corrected chi connectivity index (χ1v) is 6.86. The van der Waals surface area contributed by atoms with E-state index in [4.69, 9.17) is 0 Å². The molecular formula is C15H18F3NO. The van der Waals surface area contributed by atoms with Crippen molar-refractivity contribution in [2.45, 2.75) is 44.8 Å². The molecule has 1 aromatic rings. The standard InChI is InChI=1S/C15H18F3NO/c1-10-4-2-3-5-13(10)19-14(20)11-6-8-12(9-7-11)15(16,17)18/h6-10,13H,2-5H2,1H3,(H,19,20)/t10-,13-/m0/s1. The number of benzene rings is 1. The van der Waals surface area contributed by atoms with E-state index in [2.05, 4.69) is 12.2 Å². The highest BCUT2D eigenvalue weighted by molar-refractivity contribution is 5.94. The van der Waals surface area contributed by atoms with Gasteiger partial charge in [0.15, 0.2) is 0 Å². The van der Waals surface area contributed by atoms with Crippen LogP contribution in [-0.4, -0.2) is 11.9 Å². The highest BCUT2D eigenvalue weighted by Crippen LogP contribution is 2.29. The number of carbonyl (C=O) groups excluding carboxylic acids is 1. The predicted octanol–water partition coefficient (Wildman–Crippen LogP) is 4.01. The average Bonchev–Trinajstić information content (AvgIpc) is 2.40. The van der Waals surface area contributed by atoms with E-state index < -0.39 is 11.7 Å². The van der Waals surface area contributed by atoms with Gasteiger partial charge in [0.05, 0.1) is 5.56 Å². The van der Waals surface area contributed by atoms with Crippen LogP contribution >= 0.6 is 0 Å². The van der Waals surface area contributed by atoms with Gasteiger partial charge in [0.2, 0.25) is 0 Å². The summed E-state index contributed by atoms with van der Waals surface area (Å²) in [6.45, 7) is 2.09. The third-order valence-electron chi connectivity index (χ3n) is 3.90. The molecule has 1 aliphatic carbocycles. The second-order valence-corrected chi connectivity index (χ2v) is 5.42. The Morgan fingerprint density at radius 3 is 2.30 bits per heavy atom.